The minimum absolute atomic E-state index is 0.147. The summed E-state index contributed by atoms with van der Waals surface area (Å²) >= 11 is 0. The van der Waals surface area contributed by atoms with Gasteiger partial charge in [0.2, 0.25) is 5.91 Å². The molecule has 0 fully saturated rings. The number of aryl methyl sites for hydroxylation is 2. The van der Waals surface area contributed by atoms with Gasteiger partial charge in [-0.1, -0.05) is 12.1 Å². The molecule has 4 rings (SSSR count). The van der Waals surface area contributed by atoms with Crippen LogP contribution in [-0.4, -0.2) is 48.9 Å². The molecule has 186 valence electrons. The number of ketones is 1. The predicted octanol–water partition coefficient (Wildman–Crippen LogP) is 3.35. The minimum Gasteiger partial charge on any atom is -0.485 e. The van der Waals surface area contributed by atoms with Gasteiger partial charge in [-0.3, -0.25) is 24.3 Å². The predicted molar refractivity (Wildman–Crippen MR) is 136 cm³/mol. The van der Waals surface area contributed by atoms with Gasteiger partial charge >= 0.3 is 0 Å². The van der Waals surface area contributed by atoms with Gasteiger partial charge in [0.15, 0.2) is 19.0 Å². The summed E-state index contributed by atoms with van der Waals surface area (Å²) in [4.78, 5) is 43.6. The van der Waals surface area contributed by atoms with Gasteiger partial charge in [-0.25, -0.2) is 0 Å². The zero-order valence-electron chi connectivity index (χ0n) is 20.7. The van der Waals surface area contributed by atoms with E-state index in [0.717, 1.165) is 22.4 Å². The summed E-state index contributed by atoms with van der Waals surface area (Å²) in [7, 11) is 0. The Balaban J connectivity index is 1.42. The molecule has 0 bridgehead atoms. The summed E-state index contributed by atoms with van der Waals surface area (Å²) in [6.07, 6.45) is 2.28. The molecule has 2 heterocycles. The number of carbonyl (C=O) groups excluding carboxylic acids is 3. The van der Waals surface area contributed by atoms with E-state index in [1.807, 2.05) is 45.0 Å². The van der Waals surface area contributed by atoms with Crippen LogP contribution >= 0.6 is 0 Å². The first kappa shape index (κ1) is 24.9. The topological polar surface area (TPSA) is 97.8 Å². The van der Waals surface area contributed by atoms with Crippen molar-refractivity contribution in [1.29, 1.82) is 0 Å². The van der Waals surface area contributed by atoms with Crippen LogP contribution < -0.4 is 19.7 Å². The quantitative estimate of drug-likeness (QED) is 0.465. The maximum absolute atomic E-state index is 12.9. The van der Waals surface area contributed by atoms with Gasteiger partial charge in [0, 0.05) is 30.4 Å². The molecule has 1 aliphatic rings. The fourth-order valence-electron chi connectivity index (χ4n) is 4.00. The molecule has 0 spiro atoms. The third kappa shape index (κ3) is 5.89. The summed E-state index contributed by atoms with van der Waals surface area (Å²) in [5, 5.41) is 2.82. The zero-order valence-corrected chi connectivity index (χ0v) is 20.7. The highest BCUT2D eigenvalue weighted by Gasteiger charge is 2.28. The van der Waals surface area contributed by atoms with E-state index in [1.165, 1.54) is 4.90 Å². The number of benzene rings is 2. The Labute approximate surface area is 210 Å². The lowest BCUT2D eigenvalue weighted by Crippen LogP contribution is -2.45. The monoisotopic (exact) mass is 487 g/mol. The lowest BCUT2D eigenvalue weighted by Gasteiger charge is -2.29. The number of amides is 2. The molecular weight excluding hydrogens is 458 g/mol. The van der Waals surface area contributed by atoms with Crippen LogP contribution in [0.2, 0.25) is 0 Å². The molecule has 0 aliphatic carbocycles. The smallest absolute Gasteiger partial charge is 0.265 e. The van der Waals surface area contributed by atoms with E-state index in [0.29, 0.717) is 35.7 Å². The van der Waals surface area contributed by atoms with E-state index in [4.69, 9.17) is 9.47 Å². The normalized spacial score (nSPS) is 12.5. The second-order valence-corrected chi connectivity index (χ2v) is 8.79. The first-order valence-corrected chi connectivity index (χ1v) is 11.8. The van der Waals surface area contributed by atoms with Crippen LogP contribution in [0.4, 0.5) is 5.69 Å². The van der Waals surface area contributed by atoms with E-state index in [9.17, 15) is 14.4 Å². The number of pyridine rings is 1. The number of nitrogens with one attached hydrogen (secondary N) is 1. The number of anilines is 1. The molecule has 2 amide bonds. The molecule has 2 aromatic carbocycles. The zero-order chi connectivity index (χ0) is 25.7. The Hall–Kier alpha value is -4.20. The maximum atomic E-state index is 12.9. The molecule has 0 radical (unpaired) electrons. The fraction of sp³-hybridized carbons (Fsp3) is 0.286. The van der Waals surface area contributed by atoms with Crippen LogP contribution in [0, 0.1) is 20.8 Å². The Morgan fingerprint density at radius 3 is 2.72 bits per heavy atom. The van der Waals surface area contributed by atoms with E-state index in [1.54, 1.807) is 24.4 Å². The highest BCUT2D eigenvalue weighted by Crippen LogP contribution is 2.33. The number of hydrogen-bond donors (Lipinski definition) is 1. The second-order valence-electron chi connectivity index (χ2n) is 8.79. The average molecular weight is 488 g/mol. The van der Waals surface area contributed by atoms with Crippen LogP contribution in [0.15, 0.2) is 54.7 Å². The summed E-state index contributed by atoms with van der Waals surface area (Å²) in [5.41, 5.74) is 4.76. The number of aromatic nitrogens is 1. The number of carbonyl (C=O) groups is 3. The average Bonchev–Trinajstić information content (AvgIpc) is 2.87. The van der Waals surface area contributed by atoms with Crippen molar-refractivity contribution < 1.29 is 23.9 Å². The highest BCUT2D eigenvalue weighted by atomic mass is 16.5. The maximum Gasteiger partial charge on any atom is 0.265 e. The van der Waals surface area contributed by atoms with Crippen molar-refractivity contribution in [2.24, 2.45) is 0 Å². The number of hydrogen-bond acceptors (Lipinski definition) is 6. The van der Waals surface area contributed by atoms with Crippen molar-refractivity contribution in [3.8, 4) is 11.5 Å². The molecule has 0 saturated heterocycles. The van der Waals surface area contributed by atoms with Gasteiger partial charge < -0.3 is 14.8 Å². The Bertz CT molecular complexity index is 1290. The van der Waals surface area contributed by atoms with Crippen molar-refractivity contribution in [1.82, 2.24) is 10.3 Å². The SMILES string of the molecule is Cc1cc(C)c(C)c(OCC(=O)c2ccc3c(c2)N(CC(=O)NCCc2ccccn2)C(=O)CO3)c1. The molecule has 3 aromatic rings. The molecule has 1 aliphatic heterocycles. The molecular formula is C28H29N3O5. The first-order valence-electron chi connectivity index (χ1n) is 11.8. The van der Waals surface area contributed by atoms with Gasteiger partial charge in [0.25, 0.3) is 5.91 Å². The molecule has 0 atom stereocenters. The summed E-state index contributed by atoms with van der Waals surface area (Å²) < 4.78 is 11.3. The van der Waals surface area contributed by atoms with E-state index in [-0.39, 0.29) is 37.4 Å². The highest BCUT2D eigenvalue weighted by molar-refractivity contribution is 6.04. The van der Waals surface area contributed by atoms with Gasteiger partial charge in [-0.05, 0) is 73.9 Å². The number of Topliss-reactive ketones (excluding diaryl/α,β-unsaturated/α-hetero) is 1. The Morgan fingerprint density at radius 2 is 1.94 bits per heavy atom. The van der Waals surface area contributed by atoms with Gasteiger partial charge in [-0.2, -0.15) is 0 Å². The lowest BCUT2D eigenvalue weighted by molar-refractivity contribution is -0.125. The largest absolute Gasteiger partial charge is 0.485 e. The second kappa shape index (κ2) is 11.0. The number of rotatable bonds is 9. The molecule has 1 N–H and O–H groups in total. The van der Waals surface area contributed by atoms with Crippen LogP contribution in [0.5, 0.6) is 11.5 Å². The minimum atomic E-state index is -0.353. The summed E-state index contributed by atoms with van der Waals surface area (Å²) in [6.45, 7) is 5.84. The molecule has 0 unspecified atom stereocenters. The van der Waals surface area contributed by atoms with Crippen molar-refractivity contribution in [2.45, 2.75) is 27.2 Å². The molecule has 1 aromatic heterocycles. The molecule has 36 heavy (non-hydrogen) atoms. The van der Waals surface area contributed by atoms with Gasteiger partial charge in [-0.15, -0.1) is 0 Å². The summed E-state index contributed by atoms with van der Waals surface area (Å²) in [6, 6.07) is 14.4. The van der Waals surface area contributed by atoms with Crippen molar-refractivity contribution in [3.05, 3.63) is 82.7 Å². The van der Waals surface area contributed by atoms with Gasteiger partial charge in [0.05, 0.1) is 5.69 Å². The third-order valence-corrected chi connectivity index (χ3v) is 6.08. The standard InChI is InChI=1S/C28H29N3O5/c1-18-12-19(2)20(3)26(13-18)35-16-24(32)21-7-8-25-23(14-21)31(28(34)17-36-25)15-27(33)30-11-9-22-6-4-5-10-29-22/h4-8,10,12-14H,9,11,15-17H2,1-3H3,(H,30,33). The van der Waals surface area contributed by atoms with Crippen molar-refractivity contribution >= 4 is 23.3 Å². The molecule has 8 heteroatoms. The third-order valence-electron chi connectivity index (χ3n) is 6.08. The van der Waals surface area contributed by atoms with E-state index < -0.39 is 0 Å². The van der Waals surface area contributed by atoms with Crippen LogP contribution in [0.1, 0.15) is 32.7 Å². The van der Waals surface area contributed by atoms with Crippen LogP contribution in [-0.2, 0) is 16.0 Å². The van der Waals surface area contributed by atoms with Crippen LogP contribution in [0.3, 0.4) is 0 Å². The molecule has 0 saturated carbocycles. The first-order chi connectivity index (χ1) is 17.3. The number of ether oxygens (including phenoxy) is 2. The van der Waals surface area contributed by atoms with Crippen molar-refractivity contribution in [2.75, 3.05) is 31.2 Å². The lowest BCUT2D eigenvalue weighted by atomic mass is 10.1. The molecule has 8 nitrogen and oxygen atoms in total. The number of nitrogens with zero attached hydrogens (tertiary/aromatic N) is 2. The van der Waals surface area contributed by atoms with E-state index >= 15 is 0 Å². The van der Waals surface area contributed by atoms with Crippen LogP contribution in [0.25, 0.3) is 0 Å². The van der Waals surface area contributed by atoms with E-state index in [2.05, 4.69) is 16.4 Å². The Morgan fingerprint density at radius 1 is 1.11 bits per heavy atom. The Kier molecular flexibility index (Phi) is 7.63. The van der Waals surface area contributed by atoms with Crippen molar-refractivity contribution in [3.63, 3.8) is 0 Å². The van der Waals surface area contributed by atoms with Gasteiger partial charge in [0.1, 0.15) is 18.0 Å². The number of fused-ring (bicyclic) bond motifs is 1. The summed E-state index contributed by atoms with van der Waals surface area (Å²) in [5.74, 6) is 0.209. The fourth-order valence-corrected chi connectivity index (χ4v) is 4.00.